The second-order valence-electron chi connectivity index (χ2n) is 7.17. The van der Waals surface area contributed by atoms with E-state index in [1.54, 1.807) is 12.5 Å². The van der Waals surface area contributed by atoms with Gasteiger partial charge in [-0.25, -0.2) is 4.98 Å². The number of thiazole rings is 1. The van der Waals surface area contributed by atoms with Crippen molar-refractivity contribution in [1.29, 1.82) is 0 Å². The fourth-order valence-electron chi connectivity index (χ4n) is 3.17. The number of nitrogens with one attached hydrogen (secondary N) is 1. The molecule has 2 aromatic rings. The smallest absolute Gasteiger partial charge is 0.275 e. The Labute approximate surface area is 189 Å². The number of likely N-dealkylation sites (tertiary alicyclic amines) is 1. The zero-order valence-electron chi connectivity index (χ0n) is 17.8. The van der Waals surface area contributed by atoms with Crippen molar-refractivity contribution in [2.45, 2.75) is 25.7 Å². The fraction of sp³-hybridized carbons (Fsp3) is 0.600. The van der Waals surface area contributed by atoms with E-state index in [4.69, 9.17) is 14.2 Å². The fourth-order valence-corrected chi connectivity index (χ4v) is 4.79. The van der Waals surface area contributed by atoms with Crippen LogP contribution in [0.1, 0.15) is 39.9 Å². The topological polar surface area (TPSA) is 103 Å². The van der Waals surface area contributed by atoms with Gasteiger partial charge in [0.25, 0.3) is 5.91 Å². The number of ether oxygens (including phenoxy) is 3. The molecule has 0 unspecified atom stereocenters. The monoisotopic (exact) mass is 468 g/mol. The Morgan fingerprint density at radius 2 is 1.94 bits per heavy atom. The van der Waals surface area contributed by atoms with Crippen molar-refractivity contribution in [3.05, 3.63) is 27.8 Å². The maximum atomic E-state index is 12.4. The third kappa shape index (κ3) is 7.32. The second kappa shape index (κ2) is 12.2. The van der Waals surface area contributed by atoms with E-state index in [0.717, 1.165) is 23.5 Å². The van der Waals surface area contributed by atoms with Crippen LogP contribution >= 0.6 is 22.9 Å². The quantitative estimate of drug-likeness (QED) is 0.506. The van der Waals surface area contributed by atoms with Gasteiger partial charge in [0.05, 0.1) is 37.1 Å². The van der Waals surface area contributed by atoms with Crippen molar-refractivity contribution >= 4 is 39.7 Å². The number of hydrogen-bond donors (Lipinski definition) is 1. The standard InChI is InChI=1S/C20H28N4O5S2/c1-14-11-17(31-23-14)22-19(26)16-13-30-20(21-16)15-3-5-24(6-4-15)18(25)12-29-10-9-28-8-7-27-2/h11,13,15H,3-10,12H2,1-2H3,(H,22,26). The first-order valence-corrected chi connectivity index (χ1v) is 11.8. The summed E-state index contributed by atoms with van der Waals surface area (Å²) >= 11 is 2.75. The normalized spacial score (nSPS) is 14.7. The lowest BCUT2D eigenvalue weighted by Gasteiger charge is -2.31. The molecule has 0 aromatic carbocycles. The number of anilines is 1. The number of aromatic nitrogens is 2. The molecule has 31 heavy (non-hydrogen) atoms. The lowest BCUT2D eigenvalue weighted by Crippen LogP contribution is -2.40. The summed E-state index contributed by atoms with van der Waals surface area (Å²) in [7, 11) is 1.62. The number of methoxy groups -OCH3 is 1. The molecule has 0 spiro atoms. The van der Waals surface area contributed by atoms with E-state index in [2.05, 4.69) is 14.7 Å². The van der Waals surface area contributed by atoms with Gasteiger partial charge in [0.2, 0.25) is 5.91 Å². The van der Waals surface area contributed by atoms with Crippen molar-refractivity contribution in [2.24, 2.45) is 0 Å². The Kier molecular flexibility index (Phi) is 9.34. The maximum absolute atomic E-state index is 12.4. The van der Waals surface area contributed by atoms with Crippen molar-refractivity contribution in [3.8, 4) is 0 Å². The highest BCUT2D eigenvalue weighted by Crippen LogP contribution is 2.30. The van der Waals surface area contributed by atoms with E-state index in [1.165, 1.54) is 22.9 Å². The molecule has 3 rings (SSSR count). The van der Waals surface area contributed by atoms with E-state index in [-0.39, 0.29) is 24.3 Å². The minimum absolute atomic E-state index is 0.00519. The zero-order chi connectivity index (χ0) is 22.1. The number of rotatable bonds is 11. The highest BCUT2D eigenvalue weighted by Gasteiger charge is 2.26. The summed E-state index contributed by atoms with van der Waals surface area (Å²) in [5.74, 6) is 0.0351. The first-order valence-electron chi connectivity index (χ1n) is 10.2. The third-order valence-electron chi connectivity index (χ3n) is 4.85. The van der Waals surface area contributed by atoms with Gasteiger partial charge in [-0.05, 0) is 37.4 Å². The Bertz CT molecular complexity index is 848. The van der Waals surface area contributed by atoms with E-state index in [1.807, 2.05) is 17.9 Å². The first-order chi connectivity index (χ1) is 15.1. The summed E-state index contributed by atoms with van der Waals surface area (Å²) in [5.41, 5.74) is 1.30. The Balaban J connectivity index is 1.37. The van der Waals surface area contributed by atoms with Crippen molar-refractivity contribution in [2.75, 3.05) is 58.6 Å². The lowest BCUT2D eigenvalue weighted by atomic mass is 9.97. The molecule has 2 aromatic heterocycles. The molecule has 0 atom stereocenters. The van der Waals surface area contributed by atoms with Gasteiger partial charge in [0.15, 0.2) is 0 Å². The van der Waals surface area contributed by atoms with Crippen LogP contribution in [0.15, 0.2) is 11.4 Å². The average molecular weight is 469 g/mol. The summed E-state index contributed by atoms with van der Waals surface area (Å²) in [4.78, 5) is 31.1. The van der Waals surface area contributed by atoms with Crippen LogP contribution < -0.4 is 5.32 Å². The van der Waals surface area contributed by atoms with E-state index in [0.29, 0.717) is 50.2 Å². The van der Waals surface area contributed by atoms with Crippen LogP contribution in [0.2, 0.25) is 0 Å². The SMILES string of the molecule is COCCOCCOCC(=O)N1CCC(c2nc(C(=O)Nc3cc(C)ns3)cs2)CC1. The van der Waals surface area contributed by atoms with Crippen LogP contribution in [-0.2, 0) is 19.0 Å². The van der Waals surface area contributed by atoms with Crippen LogP contribution in [0.25, 0.3) is 0 Å². The Hall–Kier alpha value is -1.92. The number of nitrogens with zero attached hydrogens (tertiary/aromatic N) is 3. The summed E-state index contributed by atoms with van der Waals surface area (Å²) in [6.45, 7) is 5.18. The van der Waals surface area contributed by atoms with Gasteiger partial charge >= 0.3 is 0 Å². The predicted octanol–water partition coefficient (Wildman–Crippen LogP) is 2.55. The van der Waals surface area contributed by atoms with E-state index < -0.39 is 0 Å². The van der Waals surface area contributed by atoms with E-state index in [9.17, 15) is 9.59 Å². The minimum atomic E-state index is -0.220. The van der Waals surface area contributed by atoms with Crippen molar-refractivity contribution in [3.63, 3.8) is 0 Å². The van der Waals surface area contributed by atoms with Crippen molar-refractivity contribution < 1.29 is 23.8 Å². The molecule has 0 saturated carbocycles. The van der Waals surface area contributed by atoms with Crippen LogP contribution in [0.5, 0.6) is 0 Å². The van der Waals surface area contributed by atoms with Crippen LogP contribution in [0.4, 0.5) is 5.00 Å². The molecule has 1 aliphatic rings. The maximum Gasteiger partial charge on any atom is 0.275 e. The molecule has 2 amide bonds. The predicted molar refractivity (Wildman–Crippen MR) is 119 cm³/mol. The molecule has 9 nitrogen and oxygen atoms in total. The molecule has 1 saturated heterocycles. The highest BCUT2D eigenvalue weighted by atomic mass is 32.1. The number of carbonyl (C=O) groups excluding carboxylic acids is 2. The molecule has 1 fully saturated rings. The minimum Gasteiger partial charge on any atom is -0.382 e. The molecule has 0 bridgehead atoms. The van der Waals surface area contributed by atoms with Crippen LogP contribution in [0.3, 0.4) is 0 Å². The molecule has 0 radical (unpaired) electrons. The number of carbonyl (C=O) groups is 2. The summed E-state index contributed by atoms with van der Waals surface area (Å²) in [5, 5.41) is 6.29. The average Bonchev–Trinajstić information content (AvgIpc) is 3.42. The summed E-state index contributed by atoms with van der Waals surface area (Å²) in [6.07, 6.45) is 1.66. The number of hydrogen-bond acceptors (Lipinski definition) is 9. The Morgan fingerprint density at radius 1 is 1.19 bits per heavy atom. The summed E-state index contributed by atoms with van der Waals surface area (Å²) in [6, 6.07) is 1.83. The van der Waals surface area contributed by atoms with Gasteiger partial charge in [-0.3, -0.25) is 9.59 Å². The summed E-state index contributed by atoms with van der Waals surface area (Å²) < 4.78 is 19.8. The van der Waals surface area contributed by atoms with Crippen LogP contribution in [-0.4, -0.2) is 79.3 Å². The highest BCUT2D eigenvalue weighted by molar-refractivity contribution is 7.10. The molecule has 1 aliphatic heterocycles. The zero-order valence-corrected chi connectivity index (χ0v) is 19.4. The second-order valence-corrected chi connectivity index (χ2v) is 8.87. The first kappa shape index (κ1) is 23.7. The number of piperidine rings is 1. The third-order valence-corrected chi connectivity index (χ3v) is 6.65. The van der Waals surface area contributed by atoms with Gasteiger partial charge in [-0.1, -0.05) is 0 Å². The van der Waals surface area contributed by atoms with Gasteiger partial charge in [0.1, 0.15) is 17.3 Å². The molecule has 3 heterocycles. The lowest BCUT2D eigenvalue weighted by molar-refractivity contribution is -0.137. The van der Waals surface area contributed by atoms with Gasteiger partial charge < -0.3 is 24.4 Å². The molecule has 0 aliphatic carbocycles. The molecule has 11 heteroatoms. The molecular weight excluding hydrogens is 440 g/mol. The molecular formula is C20H28N4O5S2. The molecule has 170 valence electrons. The van der Waals surface area contributed by atoms with Crippen molar-refractivity contribution in [1.82, 2.24) is 14.3 Å². The van der Waals surface area contributed by atoms with Gasteiger partial charge in [-0.2, -0.15) is 4.37 Å². The molecule has 1 N–H and O–H groups in total. The number of aryl methyl sites for hydroxylation is 1. The largest absolute Gasteiger partial charge is 0.382 e. The Morgan fingerprint density at radius 3 is 2.65 bits per heavy atom. The van der Waals surface area contributed by atoms with E-state index >= 15 is 0 Å². The number of amides is 2. The van der Waals surface area contributed by atoms with Crippen LogP contribution in [0, 0.1) is 6.92 Å². The van der Waals surface area contributed by atoms with Gasteiger partial charge in [-0.15, -0.1) is 11.3 Å². The van der Waals surface area contributed by atoms with Gasteiger partial charge in [0, 0.05) is 31.5 Å².